The molecule has 3 aromatic rings. The van der Waals surface area contributed by atoms with Crippen molar-refractivity contribution in [2.75, 3.05) is 42.4 Å². The van der Waals surface area contributed by atoms with E-state index in [0.29, 0.717) is 29.3 Å². The average molecular weight is 510 g/mol. The Balaban J connectivity index is 1.55. The van der Waals surface area contributed by atoms with Crippen molar-refractivity contribution >= 4 is 45.5 Å². The van der Waals surface area contributed by atoms with Crippen molar-refractivity contribution in [3.8, 4) is 0 Å². The van der Waals surface area contributed by atoms with Gasteiger partial charge in [-0.15, -0.1) is 0 Å². The Morgan fingerprint density at radius 3 is 2.64 bits per heavy atom. The highest BCUT2D eigenvalue weighted by Gasteiger charge is 2.34. The molecule has 36 heavy (non-hydrogen) atoms. The van der Waals surface area contributed by atoms with Gasteiger partial charge < -0.3 is 26.0 Å². The number of aliphatic hydroxyl groups is 1. The maximum atomic E-state index is 13.1. The lowest BCUT2D eigenvalue weighted by molar-refractivity contribution is 0.0926. The number of ketones is 1. The van der Waals surface area contributed by atoms with E-state index in [4.69, 9.17) is 5.73 Å². The van der Waals surface area contributed by atoms with Crippen molar-refractivity contribution in [2.45, 2.75) is 32.2 Å². The van der Waals surface area contributed by atoms with Gasteiger partial charge in [0.15, 0.2) is 17.3 Å². The summed E-state index contributed by atoms with van der Waals surface area (Å²) in [6.45, 7) is 2.39. The van der Waals surface area contributed by atoms with Crippen molar-refractivity contribution in [3.05, 3.63) is 53.5 Å². The molecule has 10 nitrogen and oxygen atoms in total. The molecule has 4 rings (SSSR count). The van der Waals surface area contributed by atoms with Crippen LogP contribution in [0.3, 0.4) is 0 Å². The number of aryl methyl sites for hydroxylation is 1. The lowest BCUT2D eigenvalue weighted by atomic mass is 9.84. The first-order valence-electron chi connectivity index (χ1n) is 11.8. The first-order chi connectivity index (χ1) is 17.3. The molecular weight excluding hydrogens is 478 g/mol. The minimum Gasteiger partial charge on any atom is -0.394 e. The number of aliphatic hydroxyl groups excluding tert-OH is 1. The van der Waals surface area contributed by atoms with Gasteiger partial charge in [0, 0.05) is 38.3 Å². The summed E-state index contributed by atoms with van der Waals surface area (Å²) in [6.07, 6.45) is 3.47. The Bertz CT molecular complexity index is 1230. The molecule has 1 saturated heterocycles. The van der Waals surface area contributed by atoms with E-state index in [0.717, 1.165) is 24.2 Å². The molecular formula is C25H31N7O3S. The van der Waals surface area contributed by atoms with E-state index in [2.05, 4.69) is 19.7 Å². The zero-order chi connectivity index (χ0) is 25.8. The number of anilines is 4. The summed E-state index contributed by atoms with van der Waals surface area (Å²) in [5.41, 5.74) is 8.08. The SMILES string of the molecule is Cc1cc(Nc2nc(N3CCC[C@@H](CC(=O)c4ccc(N(C)C)cc4)[C@@H]3CO)cnc2C(N)=O)sn1. The van der Waals surface area contributed by atoms with Gasteiger partial charge in [-0.05, 0) is 67.5 Å². The summed E-state index contributed by atoms with van der Waals surface area (Å²) < 4.78 is 4.24. The number of piperidine rings is 1. The summed E-state index contributed by atoms with van der Waals surface area (Å²) in [4.78, 5) is 37.9. The van der Waals surface area contributed by atoms with E-state index in [1.165, 1.54) is 17.7 Å². The molecule has 2 atom stereocenters. The minimum absolute atomic E-state index is 0.0234. The molecule has 190 valence electrons. The molecule has 1 aliphatic heterocycles. The van der Waals surface area contributed by atoms with Gasteiger partial charge in [-0.25, -0.2) is 9.97 Å². The van der Waals surface area contributed by atoms with Crippen LogP contribution in [0.1, 0.15) is 45.8 Å². The summed E-state index contributed by atoms with van der Waals surface area (Å²) >= 11 is 1.24. The molecule has 3 heterocycles. The molecule has 1 amide bonds. The van der Waals surface area contributed by atoms with E-state index in [1.807, 2.05) is 61.2 Å². The number of Topliss-reactive ketones (excluding diaryl/α,β-unsaturated/α-hetero) is 1. The Morgan fingerprint density at radius 1 is 1.28 bits per heavy atom. The third-order valence-electron chi connectivity index (χ3n) is 6.42. The number of hydrogen-bond acceptors (Lipinski definition) is 10. The van der Waals surface area contributed by atoms with Gasteiger partial charge in [0.25, 0.3) is 5.91 Å². The van der Waals surface area contributed by atoms with Crippen LogP contribution in [0.2, 0.25) is 0 Å². The standard InChI is InChI=1S/C25H31N7O3S/c1-15-11-22(36-30-15)29-25-23(24(26)35)27-13-21(28-25)32-10-4-5-17(19(32)14-33)12-20(34)16-6-8-18(9-7-16)31(2)3/h6-9,11,13,17,19,33H,4-5,10,12,14H2,1-3H3,(H2,26,35)(H,28,29)/t17-,19-/m0/s1. The van der Waals surface area contributed by atoms with Gasteiger partial charge in [0.1, 0.15) is 10.8 Å². The number of carbonyl (C=O) groups is 2. The maximum Gasteiger partial charge on any atom is 0.271 e. The van der Waals surface area contributed by atoms with Crippen LogP contribution < -0.4 is 20.9 Å². The van der Waals surface area contributed by atoms with Crippen LogP contribution in [-0.4, -0.2) is 64.4 Å². The zero-order valence-corrected chi connectivity index (χ0v) is 21.5. The fraction of sp³-hybridized carbons (Fsp3) is 0.400. The van der Waals surface area contributed by atoms with Gasteiger partial charge in [-0.2, -0.15) is 4.37 Å². The number of nitrogens with one attached hydrogen (secondary N) is 1. The van der Waals surface area contributed by atoms with Crippen LogP contribution in [-0.2, 0) is 0 Å². The van der Waals surface area contributed by atoms with Gasteiger partial charge in [-0.1, -0.05) is 0 Å². The number of benzene rings is 1. The van der Waals surface area contributed by atoms with Crippen LogP contribution in [0.4, 0.5) is 22.3 Å². The van der Waals surface area contributed by atoms with Gasteiger partial charge >= 0.3 is 0 Å². The predicted octanol–water partition coefficient (Wildman–Crippen LogP) is 3.00. The third kappa shape index (κ3) is 5.63. The first-order valence-corrected chi connectivity index (χ1v) is 12.6. The molecule has 4 N–H and O–H groups in total. The summed E-state index contributed by atoms with van der Waals surface area (Å²) in [7, 11) is 3.91. The van der Waals surface area contributed by atoms with Crippen molar-refractivity contribution < 1.29 is 14.7 Å². The number of rotatable bonds is 9. The van der Waals surface area contributed by atoms with E-state index in [-0.39, 0.29) is 35.9 Å². The number of carbonyl (C=O) groups excluding carboxylic acids is 2. The molecule has 0 aliphatic carbocycles. The molecule has 1 aliphatic rings. The van der Waals surface area contributed by atoms with Gasteiger partial charge in [0.2, 0.25) is 0 Å². The topological polar surface area (TPSA) is 138 Å². The van der Waals surface area contributed by atoms with Crippen LogP contribution in [0.5, 0.6) is 0 Å². The molecule has 0 unspecified atom stereocenters. The summed E-state index contributed by atoms with van der Waals surface area (Å²) in [5, 5.41) is 14.1. The molecule has 0 saturated carbocycles. The summed E-state index contributed by atoms with van der Waals surface area (Å²) in [5.74, 6) is 0.0420. The Morgan fingerprint density at radius 2 is 2.03 bits per heavy atom. The Hall–Kier alpha value is -3.57. The smallest absolute Gasteiger partial charge is 0.271 e. The van der Waals surface area contributed by atoms with E-state index in [9.17, 15) is 14.7 Å². The van der Waals surface area contributed by atoms with Crippen LogP contribution in [0.15, 0.2) is 36.5 Å². The minimum atomic E-state index is -0.695. The zero-order valence-electron chi connectivity index (χ0n) is 20.6. The lowest BCUT2D eigenvalue weighted by Gasteiger charge is -2.41. The molecule has 1 fully saturated rings. The molecule has 1 aromatic carbocycles. The number of nitrogens with two attached hydrogens (primary N) is 1. The number of amides is 1. The first kappa shape index (κ1) is 25.5. The second-order valence-corrected chi connectivity index (χ2v) is 9.97. The fourth-order valence-electron chi connectivity index (χ4n) is 4.53. The number of aromatic nitrogens is 3. The quantitative estimate of drug-likeness (QED) is 0.372. The highest BCUT2D eigenvalue weighted by Crippen LogP contribution is 2.32. The highest BCUT2D eigenvalue weighted by atomic mass is 32.1. The maximum absolute atomic E-state index is 13.1. The average Bonchev–Trinajstić information content (AvgIpc) is 3.28. The van der Waals surface area contributed by atoms with Crippen LogP contribution in [0.25, 0.3) is 0 Å². The molecule has 0 radical (unpaired) electrons. The van der Waals surface area contributed by atoms with E-state index in [1.54, 1.807) is 0 Å². The Labute approximate surface area is 214 Å². The highest BCUT2D eigenvalue weighted by molar-refractivity contribution is 7.10. The molecule has 2 aromatic heterocycles. The third-order valence-corrected chi connectivity index (χ3v) is 7.21. The van der Waals surface area contributed by atoms with Crippen LogP contribution >= 0.6 is 11.5 Å². The number of nitrogens with zero attached hydrogens (tertiary/aromatic N) is 5. The second-order valence-electron chi connectivity index (χ2n) is 9.16. The molecule has 0 bridgehead atoms. The van der Waals surface area contributed by atoms with Crippen molar-refractivity contribution in [1.29, 1.82) is 0 Å². The summed E-state index contributed by atoms with van der Waals surface area (Å²) in [6, 6.07) is 9.08. The molecule has 0 spiro atoms. The normalized spacial score (nSPS) is 17.6. The van der Waals surface area contributed by atoms with E-state index >= 15 is 0 Å². The fourth-order valence-corrected chi connectivity index (χ4v) is 5.19. The largest absolute Gasteiger partial charge is 0.394 e. The number of hydrogen-bond donors (Lipinski definition) is 3. The van der Waals surface area contributed by atoms with Crippen molar-refractivity contribution in [1.82, 2.24) is 14.3 Å². The Kier molecular flexibility index (Phi) is 7.80. The van der Waals surface area contributed by atoms with Gasteiger partial charge in [0.05, 0.1) is 24.5 Å². The molecule has 11 heteroatoms. The van der Waals surface area contributed by atoms with E-state index < -0.39 is 5.91 Å². The monoisotopic (exact) mass is 509 g/mol. The number of primary amides is 1. The van der Waals surface area contributed by atoms with Crippen LogP contribution in [0, 0.1) is 12.8 Å². The lowest BCUT2D eigenvalue weighted by Crippen LogP contribution is -2.48. The second kappa shape index (κ2) is 11.0. The van der Waals surface area contributed by atoms with Gasteiger partial charge in [-0.3, -0.25) is 9.59 Å². The van der Waals surface area contributed by atoms with Crippen molar-refractivity contribution in [2.24, 2.45) is 11.7 Å². The van der Waals surface area contributed by atoms with Crippen molar-refractivity contribution in [3.63, 3.8) is 0 Å². The predicted molar refractivity (Wildman–Crippen MR) is 141 cm³/mol.